The number of amides is 1. The number of alkyl halides is 5. The third-order valence-corrected chi connectivity index (χ3v) is 5.07. The third-order valence-electron chi connectivity index (χ3n) is 5.07. The lowest BCUT2D eigenvalue weighted by atomic mass is 9.73. The Morgan fingerprint density at radius 1 is 1.31 bits per heavy atom. The van der Waals surface area contributed by atoms with E-state index in [0.29, 0.717) is 11.3 Å². The summed E-state index contributed by atoms with van der Waals surface area (Å²) in [6.45, 7) is 0.734. The van der Waals surface area contributed by atoms with Crippen LogP contribution in [-0.2, 0) is 11.8 Å². The van der Waals surface area contributed by atoms with Gasteiger partial charge in [-0.3, -0.25) is 10.00 Å². The molecule has 0 unspecified atom stereocenters. The minimum atomic E-state index is -4.66. The van der Waals surface area contributed by atoms with Gasteiger partial charge in [-0.1, -0.05) is 6.42 Å². The minimum Gasteiger partial charge on any atom is -0.437 e. The van der Waals surface area contributed by atoms with Crippen LogP contribution in [0, 0.1) is 0 Å². The van der Waals surface area contributed by atoms with Crippen LogP contribution in [-0.4, -0.2) is 34.1 Å². The molecule has 1 aromatic rings. The molecular weight excluding hydrogens is 361 g/mol. The first-order valence-electron chi connectivity index (χ1n) is 8.47. The van der Waals surface area contributed by atoms with E-state index >= 15 is 0 Å². The molecule has 1 heterocycles. The predicted octanol–water partition coefficient (Wildman–Crippen LogP) is 4.70. The van der Waals surface area contributed by atoms with E-state index < -0.39 is 30.2 Å². The summed E-state index contributed by atoms with van der Waals surface area (Å²) in [6.07, 6.45) is -6.17. The SMILES string of the molecule is C[C@H](OC(=O)Nc1c(C2CCC2)c(C2CC(F)(F)C2)nn1C)C(F)(F)F. The van der Waals surface area contributed by atoms with Gasteiger partial charge in [-0.15, -0.1) is 0 Å². The maximum Gasteiger partial charge on any atom is 0.425 e. The molecule has 3 rings (SSSR count). The van der Waals surface area contributed by atoms with E-state index in [-0.39, 0.29) is 24.6 Å². The van der Waals surface area contributed by atoms with E-state index in [1.165, 1.54) is 11.7 Å². The third kappa shape index (κ3) is 3.64. The molecular formula is C16H20F5N3O2. The number of aryl methyl sites for hydroxylation is 1. The minimum absolute atomic E-state index is 0.0586. The maximum atomic E-state index is 13.2. The molecule has 1 aromatic heterocycles. The topological polar surface area (TPSA) is 56.1 Å². The number of halogens is 5. The highest BCUT2D eigenvalue weighted by Crippen LogP contribution is 2.52. The zero-order chi connectivity index (χ0) is 19.3. The average molecular weight is 381 g/mol. The molecule has 0 spiro atoms. The molecule has 1 N–H and O–H groups in total. The summed E-state index contributed by atoms with van der Waals surface area (Å²) in [5, 5.41) is 6.60. The lowest BCUT2D eigenvalue weighted by molar-refractivity contribution is -0.196. The summed E-state index contributed by atoms with van der Waals surface area (Å²) in [4.78, 5) is 11.9. The fourth-order valence-corrected chi connectivity index (χ4v) is 3.32. The second-order valence-corrected chi connectivity index (χ2v) is 7.07. The van der Waals surface area contributed by atoms with Crippen LogP contribution >= 0.6 is 0 Å². The molecule has 0 saturated heterocycles. The summed E-state index contributed by atoms with van der Waals surface area (Å²) >= 11 is 0. The molecule has 26 heavy (non-hydrogen) atoms. The zero-order valence-electron chi connectivity index (χ0n) is 14.4. The van der Waals surface area contributed by atoms with Gasteiger partial charge in [-0.2, -0.15) is 18.3 Å². The Kier molecular flexibility index (Phi) is 4.64. The summed E-state index contributed by atoms with van der Waals surface area (Å²) in [6, 6.07) is 0. The molecule has 2 aliphatic carbocycles. The van der Waals surface area contributed by atoms with Crippen molar-refractivity contribution in [2.45, 2.75) is 69.1 Å². The van der Waals surface area contributed by atoms with Crippen LogP contribution in [0.2, 0.25) is 0 Å². The summed E-state index contributed by atoms with van der Waals surface area (Å²) < 4.78 is 69.8. The summed E-state index contributed by atoms with van der Waals surface area (Å²) in [5.41, 5.74) is 1.15. The number of anilines is 1. The van der Waals surface area contributed by atoms with Gasteiger partial charge in [-0.25, -0.2) is 13.6 Å². The molecule has 1 atom stereocenters. The number of carbonyl (C=O) groups is 1. The van der Waals surface area contributed by atoms with Crippen LogP contribution in [0.15, 0.2) is 0 Å². The summed E-state index contributed by atoms with van der Waals surface area (Å²) in [5.74, 6) is -2.84. The van der Waals surface area contributed by atoms with Gasteiger partial charge in [0.2, 0.25) is 5.92 Å². The summed E-state index contributed by atoms with van der Waals surface area (Å²) in [7, 11) is 1.52. The Balaban J connectivity index is 1.80. The van der Waals surface area contributed by atoms with Crippen molar-refractivity contribution < 1.29 is 31.5 Å². The van der Waals surface area contributed by atoms with Crippen molar-refractivity contribution in [1.29, 1.82) is 0 Å². The molecule has 10 heteroatoms. The highest BCUT2D eigenvalue weighted by molar-refractivity contribution is 5.85. The van der Waals surface area contributed by atoms with E-state index in [1.54, 1.807) is 0 Å². The standard InChI is InChI=1S/C16H20F5N3O2/c1-8(16(19,20)21)26-14(25)22-13-11(9-4-3-5-9)12(23-24(13)2)10-6-15(17,18)7-10/h8-10H,3-7H2,1-2H3,(H,22,25)/t8-/m0/s1. The number of carbonyl (C=O) groups excluding carboxylic acids is 1. The fraction of sp³-hybridized carbons (Fsp3) is 0.750. The van der Waals surface area contributed by atoms with Crippen molar-refractivity contribution in [3.05, 3.63) is 11.3 Å². The first-order chi connectivity index (χ1) is 12.0. The van der Waals surface area contributed by atoms with Crippen LogP contribution in [0.5, 0.6) is 0 Å². The molecule has 146 valence electrons. The van der Waals surface area contributed by atoms with Crippen LogP contribution in [0.1, 0.15) is 62.1 Å². The lowest BCUT2D eigenvalue weighted by Crippen LogP contribution is -2.35. The number of hydrogen-bond acceptors (Lipinski definition) is 3. The molecule has 2 fully saturated rings. The molecule has 0 radical (unpaired) electrons. The molecule has 2 aliphatic rings. The van der Waals surface area contributed by atoms with E-state index in [4.69, 9.17) is 0 Å². The number of rotatable bonds is 4. The Labute approximate surface area is 146 Å². The van der Waals surface area contributed by atoms with Gasteiger partial charge < -0.3 is 4.74 Å². The smallest absolute Gasteiger partial charge is 0.425 e. The number of aromatic nitrogens is 2. The molecule has 0 aliphatic heterocycles. The van der Waals surface area contributed by atoms with Crippen molar-refractivity contribution in [2.24, 2.45) is 7.05 Å². The monoisotopic (exact) mass is 381 g/mol. The van der Waals surface area contributed by atoms with Crippen molar-refractivity contribution in [2.75, 3.05) is 5.32 Å². The lowest BCUT2D eigenvalue weighted by Gasteiger charge is -2.36. The van der Waals surface area contributed by atoms with Crippen molar-refractivity contribution in [3.63, 3.8) is 0 Å². The van der Waals surface area contributed by atoms with Gasteiger partial charge in [0.15, 0.2) is 6.10 Å². The number of hydrogen-bond donors (Lipinski definition) is 1. The van der Waals surface area contributed by atoms with Gasteiger partial charge in [0, 0.05) is 31.4 Å². The van der Waals surface area contributed by atoms with Crippen LogP contribution < -0.4 is 5.32 Å². The van der Waals surface area contributed by atoms with E-state index in [1.807, 2.05) is 0 Å². The predicted molar refractivity (Wildman–Crippen MR) is 82.3 cm³/mol. The van der Waals surface area contributed by atoms with Crippen molar-refractivity contribution >= 4 is 11.9 Å². The van der Waals surface area contributed by atoms with Gasteiger partial charge in [0.1, 0.15) is 5.82 Å². The second kappa shape index (κ2) is 6.38. The van der Waals surface area contributed by atoms with Gasteiger partial charge >= 0.3 is 12.3 Å². The zero-order valence-corrected chi connectivity index (χ0v) is 14.4. The van der Waals surface area contributed by atoms with Crippen molar-refractivity contribution in [1.82, 2.24) is 9.78 Å². The molecule has 0 aromatic carbocycles. The van der Waals surface area contributed by atoms with E-state index in [9.17, 15) is 26.7 Å². The fourth-order valence-electron chi connectivity index (χ4n) is 3.32. The Morgan fingerprint density at radius 3 is 2.38 bits per heavy atom. The first-order valence-corrected chi connectivity index (χ1v) is 8.47. The van der Waals surface area contributed by atoms with E-state index in [0.717, 1.165) is 26.2 Å². The Hall–Kier alpha value is -1.87. The Bertz CT molecular complexity index is 689. The normalized spacial score (nSPS) is 21.7. The maximum absolute atomic E-state index is 13.2. The number of nitrogens with zero attached hydrogens (tertiary/aromatic N) is 2. The number of nitrogens with one attached hydrogen (secondary N) is 1. The highest BCUT2D eigenvalue weighted by Gasteiger charge is 2.49. The Morgan fingerprint density at radius 2 is 1.92 bits per heavy atom. The molecule has 2 saturated carbocycles. The quantitative estimate of drug-likeness (QED) is 0.770. The average Bonchev–Trinajstić information content (AvgIpc) is 2.71. The first kappa shape index (κ1) is 18.9. The largest absolute Gasteiger partial charge is 0.437 e. The highest BCUT2D eigenvalue weighted by atomic mass is 19.4. The molecule has 0 bridgehead atoms. The van der Waals surface area contributed by atoms with Crippen LogP contribution in [0.4, 0.5) is 32.6 Å². The molecule has 5 nitrogen and oxygen atoms in total. The van der Waals surface area contributed by atoms with E-state index in [2.05, 4.69) is 15.2 Å². The van der Waals surface area contributed by atoms with Crippen LogP contribution in [0.25, 0.3) is 0 Å². The number of ether oxygens (including phenoxy) is 1. The van der Waals surface area contributed by atoms with Gasteiger partial charge in [-0.05, 0) is 25.7 Å². The second-order valence-electron chi connectivity index (χ2n) is 7.07. The van der Waals surface area contributed by atoms with Gasteiger partial charge in [0.05, 0.1) is 5.69 Å². The van der Waals surface area contributed by atoms with Gasteiger partial charge in [0.25, 0.3) is 0 Å². The van der Waals surface area contributed by atoms with Crippen molar-refractivity contribution in [3.8, 4) is 0 Å². The van der Waals surface area contributed by atoms with Crippen LogP contribution in [0.3, 0.4) is 0 Å². The molecule has 1 amide bonds.